The number of rotatable bonds is 7. The van der Waals surface area contributed by atoms with Crippen molar-refractivity contribution < 1.29 is 28.5 Å². The van der Waals surface area contributed by atoms with Gasteiger partial charge in [0.1, 0.15) is 42.6 Å². The average molecular weight is 541 g/mol. The number of ether oxygens (including phenoxy) is 5. The number of hydrazone groups is 1. The molecule has 0 saturated heterocycles. The fourth-order valence-electron chi connectivity index (χ4n) is 5.71. The molecule has 3 aromatic carbocycles. The zero-order chi connectivity index (χ0) is 28.0. The van der Waals surface area contributed by atoms with E-state index in [0.29, 0.717) is 42.6 Å². The lowest BCUT2D eigenvalue weighted by Gasteiger charge is -2.33. The predicted octanol–water partition coefficient (Wildman–Crippen LogP) is 5.27. The van der Waals surface area contributed by atoms with Crippen LogP contribution < -0.4 is 23.7 Å². The molecule has 0 spiro atoms. The minimum Gasteiger partial charge on any atom is -0.493 e. The van der Waals surface area contributed by atoms with Gasteiger partial charge in [0.05, 0.1) is 25.8 Å². The molecule has 0 aromatic heterocycles. The molecule has 0 aliphatic carbocycles. The normalized spacial score (nSPS) is 20.4. The Bertz CT molecular complexity index is 1520. The number of carbonyl (C=O) groups excluding carboxylic acids is 1. The molecule has 0 bridgehead atoms. The molecule has 40 heavy (non-hydrogen) atoms. The van der Waals surface area contributed by atoms with Gasteiger partial charge in [0.25, 0.3) is 0 Å². The van der Waals surface area contributed by atoms with Crippen molar-refractivity contribution >= 4 is 11.6 Å². The predicted molar refractivity (Wildman–Crippen MR) is 151 cm³/mol. The first-order valence-electron chi connectivity index (χ1n) is 13.3. The zero-order valence-electron chi connectivity index (χ0n) is 23.1. The van der Waals surface area contributed by atoms with Gasteiger partial charge in [-0.05, 0) is 36.3 Å². The number of amides is 1. The number of hydrogen-bond acceptors (Lipinski definition) is 7. The molecule has 0 radical (unpaired) electrons. The Balaban J connectivity index is 1.49. The summed E-state index contributed by atoms with van der Waals surface area (Å²) in [5.41, 5.74) is 5.41. The Morgan fingerprint density at radius 3 is 2.50 bits per heavy atom. The van der Waals surface area contributed by atoms with Gasteiger partial charge in [-0.1, -0.05) is 36.9 Å². The smallest absolute Gasteiger partial charge is 0.239 e. The third kappa shape index (κ3) is 4.33. The van der Waals surface area contributed by atoms with E-state index in [1.807, 2.05) is 61.5 Å². The molecule has 6 rings (SSSR count). The second kappa shape index (κ2) is 10.3. The van der Waals surface area contributed by atoms with Crippen molar-refractivity contribution in [3.8, 4) is 28.7 Å². The van der Waals surface area contributed by atoms with Crippen LogP contribution in [0.5, 0.6) is 28.7 Å². The first-order chi connectivity index (χ1) is 19.4. The number of hydrogen-bond donors (Lipinski definition) is 0. The highest BCUT2D eigenvalue weighted by molar-refractivity contribution is 6.10. The molecule has 0 saturated carbocycles. The lowest BCUT2D eigenvalue weighted by Crippen LogP contribution is -2.42. The Kier molecular flexibility index (Phi) is 6.62. The summed E-state index contributed by atoms with van der Waals surface area (Å²) in [6.45, 7) is 8.28. The van der Waals surface area contributed by atoms with Crippen LogP contribution in [0.4, 0.5) is 0 Å². The van der Waals surface area contributed by atoms with Gasteiger partial charge in [0.2, 0.25) is 5.91 Å². The third-order valence-electron chi connectivity index (χ3n) is 7.72. The van der Waals surface area contributed by atoms with E-state index in [9.17, 15) is 4.79 Å². The van der Waals surface area contributed by atoms with Crippen LogP contribution in [0.1, 0.15) is 42.0 Å². The molecule has 3 aliphatic heterocycles. The van der Waals surface area contributed by atoms with Gasteiger partial charge in [-0.15, -0.1) is 0 Å². The van der Waals surface area contributed by atoms with Crippen LogP contribution in [0.3, 0.4) is 0 Å². The van der Waals surface area contributed by atoms with Crippen molar-refractivity contribution in [2.45, 2.75) is 44.9 Å². The van der Waals surface area contributed by atoms with Crippen molar-refractivity contribution in [3.05, 3.63) is 89.0 Å². The number of methoxy groups -OCH3 is 2. The van der Waals surface area contributed by atoms with Gasteiger partial charge >= 0.3 is 0 Å². The highest BCUT2D eigenvalue weighted by Gasteiger charge is 2.47. The van der Waals surface area contributed by atoms with Crippen LogP contribution >= 0.6 is 0 Å². The summed E-state index contributed by atoms with van der Waals surface area (Å²) in [5.74, 6) is 2.90. The van der Waals surface area contributed by atoms with E-state index in [2.05, 4.69) is 6.58 Å². The molecule has 3 heterocycles. The van der Waals surface area contributed by atoms with E-state index < -0.39 is 0 Å². The summed E-state index contributed by atoms with van der Waals surface area (Å²) in [7, 11) is 3.20. The lowest BCUT2D eigenvalue weighted by atomic mass is 9.82. The van der Waals surface area contributed by atoms with E-state index in [0.717, 1.165) is 39.3 Å². The standard InChI is InChI=1S/C32H32N2O6/c1-18(2)26-14-23-25(40-26)12-11-21(32(23)39-16-20-9-7-6-8-10-20)31-30-22-13-28(36-4)29(37-5)15-27(22)38-17-24(30)34(33-31)19(3)35/h6-13,15,24,26,30H,1,14,16-17H2,2-5H3/t24?,26-,30?/m1/s1. The minimum atomic E-state index is -0.312. The first-order valence-corrected chi connectivity index (χ1v) is 13.3. The van der Waals surface area contributed by atoms with Gasteiger partial charge in [-0.25, -0.2) is 5.01 Å². The van der Waals surface area contributed by atoms with E-state index in [1.54, 1.807) is 14.2 Å². The van der Waals surface area contributed by atoms with Gasteiger partial charge in [-0.2, -0.15) is 5.10 Å². The Labute approximate surface area is 233 Å². The van der Waals surface area contributed by atoms with Crippen molar-refractivity contribution in [2.75, 3.05) is 20.8 Å². The number of nitrogens with zero attached hydrogens (tertiary/aromatic N) is 2. The Morgan fingerprint density at radius 1 is 1.05 bits per heavy atom. The van der Waals surface area contributed by atoms with E-state index in [4.69, 9.17) is 28.8 Å². The highest BCUT2D eigenvalue weighted by Crippen LogP contribution is 2.49. The van der Waals surface area contributed by atoms with Crippen molar-refractivity contribution in [1.29, 1.82) is 0 Å². The molecular weight excluding hydrogens is 508 g/mol. The largest absolute Gasteiger partial charge is 0.493 e. The Morgan fingerprint density at radius 2 is 1.80 bits per heavy atom. The van der Waals surface area contributed by atoms with Gasteiger partial charge in [0.15, 0.2) is 11.5 Å². The summed E-state index contributed by atoms with van der Waals surface area (Å²) >= 11 is 0. The average Bonchev–Trinajstić information content (AvgIpc) is 3.58. The maximum Gasteiger partial charge on any atom is 0.239 e. The van der Waals surface area contributed by atoms with Crippen LogP contribution in [-0.4, -0.2) is 49.6 Å². The number of benzene rings is 3. The van der Waals surface area contributed by atoms with Crippen molar-refractivity contribution in [3.63, 3.8) is 0 Å². The second-order valence-electron chi connectivity index (χ2n) is 10.3. The zero-order valence-corrected chi connectivity index (χ0v) is 23.1. The number of carbonyl (C=O) groups is 1. The number of fused-ring (bicyclic) bond motifs is 4. The van der Waals surface area contributed by atoms with Gasteiger partial charge in [0, 0.05) is 36.1 Å². The topological polar surface area (TPSA) is 78.8 Å². The molecule has 3 atom stereocenters. The van der Waals surface area contributed by atoms with Gasteiger partial charge in [-0.3, -0.25) is 4.79 Å². The van der Waals surface area contributed by atoms with Gasteiger partial charge < -0.3 is 23.7 Å². The molecular formula is C32H32N2O6. The molecule has 8 heteroatoms. The quantitative estimate of drug-likeness (QED) is 0.380. The highest BCUT2D eigenvalue weighted by atomic mass is 16.5. The molecule has 1 amide bonds. The summed E-state index contributed by atoms with van der Waals surface area (Å²) in [6, 6.07) is 17.4. The SMILES string of the molecule is C=C(C)[C@H]1Cc2c(ccc(C3=NN(C(C)=O)C4COc5cc(OC)c(OC)cc5C34)c2OCc2ccccc2)O1. The van der Waals surface area contributed by atoms with Crippen LogP contribution in [0.2, 0.25) is 0 Å². The molecule has 2 unspecified atom stereocenters. The molecule has 3 aromatic rings. The maximum atomic E-state index is 12.8. The van der Waals surface area contributed by atoms with Crippen LogP contribution in [0.25, 0.3) is 0 Å². The van der Waals surface area contributed by atoms with Crippen LogP contribution in [-0.2, 0) is 17.8 Å². The Hall–Kier alpha value is -4.46. The van der Waals surface area contributed by atoms with Crippen molar-refractivity contribution in [1.82, 2.24) is 5.01 Å². The van der Waals surface area contributed by atoms with Crippen LogP contribution in [0, 0.1) is 0 Å². The van der Waals surface area contributed by atoms with E-state index >= 15 is 0 Å². The van der Waals surface area contributed by atoms with E-state index in [1.165, 1.54) is 11.9 Å². The fourth-order valence-corrected chi connectivity index (χ4v) is 5.71. The summed E-state index contributed by atoms with van der Waals surface area (Å²) in [5, 5.41) is 6.43. The summed E-state index contributed by atoms with van der Waals surface area (Å²) in [6.07, 6.45) is 0.516. The molecule has 0 N–H and O–H groups in total. The maximum absolute atomic E-state index is 12.8. The first kappa shape index (κ1) is 25.8. The lowest BCUT2D eigenvalue weighted by molar-refractivity contribution is -0.131. The minimum absolute atomic E-state index is 0.128. The third-order valence-corrected chi connectivity index (χ3v) is 7.72. The summed E-state index contributed by atoms with van der Waals surface area (Å²) in [4.78, 5) is 12.8. The fraction of sp³-hybridized carbons (Fsp3) is 0.312. The molecule has 0 fully saturated rings. The van der Waals surface area contributed by atoms with E-state index in [-0.39, 0.29) is 24.0 Å². The molecule has 206 valence electrons. The monoisotopic (exact) mass is 540 g/mol. The summed E-state index contributed by atoms with van der Waals surface area (Å²) < 4.78 is 30.1. The second-order valence-corrected chi connectivity index (χ2v) is 10.3. The molecule has 8 nitrogen and oxygen atoms in total. The molecule has 3 aliphatic rings. The van der Waals surface area contributed by atoms with Crippen molar-refractivity contribution in [2.24, 2.45) is 5.10 Å². The van der Waals surface area contributed by atoms with Crippen LogP contribution in [0.15, 0.2) is 71.9 Å².